The van der Waals surface area contributed by atoms with Crippen LogP contribution in [-0.4, -0.2) is 75.8 Å². The van der Waals surface area contributed by atoms with Gasteiger partial charge in [0, 0.05) is 26.7 Å². The SMILES string of the molecule is CCN(CC)CC(O)CNCCOCCOC. The third-order valence-corrected chi connectivity index (χ3v) is 2.60. The van der Waals surface area contributed by atoms with E-state index < -0.39 is 0 Å². The molecule has 0 fully saturated rings. The van der Waals surface area contributed by atoms with E-state index >= 15 is 0 Å². The van der Waals surface area contributed by atoms with Crippen LogP contribution >= 0.6 is 0 Å². The number of methoxy groups -OCH3 is 1. The summed E-state index contributed by atoms with van der Waals surface area (Å²) in [5, 5.41) is 12.9. The van der Waals surface area contributed by atoms with Crippen LogP contribution in [0, 0.1) is 0 Å². The third kappa shape index (κ3) is 10.7. The zero-order chi connectivity index (χ0) is 12.9. The first kappa shape index (κ1) is 16.8. The van der Waals surface area contributed by atoms with Crippen LogP contribution in [0.4, 0.5) is 0 Å². The number of hydrogen-bond donors (Lipinski definition) is 2. The Bertz CT molecular complexity index is 155. The maximum absolute atomic E-state index is 9.76. The Morgan fingerprint density at radius 2 is 1.88 bits per heavy atom. The summed E-state index contributed by atoms with van der Waals surface area (Å²) in [5.41, 5.74) is 0. The van der Waals surface area contributed by atoms with Gasteiger partial charge in [0.25, 0.3) is 0 Å². The van der Waals surface area contributed by atoms with Gasteiger partial charge in [0.05, 0.1) is 25.9 Å². The Hall–Kier alpha value is -0.200. The van der Waals surface area contributed by atoms with Crippen LogP contribution < -0.4 is 5.32 Å². The molecular weight excluding hydrogens is 220 g/mol. The Kier molecular flexibility index (Phi) is 12.1. The number of nitrogens with zero attached hydrogens (tertiary/aromatic N) is 1. The maximum Gasteiger partial charge on any atom is 0.0791 e. The van der Waals surface area contributed by atoms with Gasteiger partial charge in [-0.3, -0.25) is 0 Å². The summed E-state index contributed by atoms with van der Waals surface area (Å²) in [4.78, 5) is 2.21. The van der Waals surface area contributed by atoms with E-state index in [0.29, 0.717) is 26.4 Å². The van der Waals surface area contributed by atoms with Crippen molar-refractivity contribution in [3.63, 3.8) is 0 Å². The average Bonchev–Trinajstić information content (AvgIpc) is 2.34. The molecule has 0 aromatic heterocycles. The molecule has 0 saturated carbocycles. The maximum atomic E-state index is 9.76. The molecule has 0 amide bonds. The first-order valence-electron chi connectivity index (χ1n) is 6.42. The summed E-state index contributed by atoms with van der Waals surface area (Å²) in [6.45, 7) is 10.2. The lowest BCUT2D eigenvalue weighted by Crippen LogP contribution is -2.39. The molecule has 17 heavy (non-hydrogen) atoms. The van der Waals surface area contributed by atoms with Crippen molar-refractivity contribution in [2.45, 2.75) is 20.0 Å². The van der Waals surface area contributed by atoms with Crippen LogP contribution in [0.15, 0.2) is 0 Å². The Morgan fingerprint density at radius 1 is 1.18 bits per heavy atom. The molecule has 104 valence electrons. The first-order chi connectivity index (χ1) is 8.24. The highest BCUT2D eigenvalue weighted by atomic mass is 16.5. The predicted molar refractivity (Wildman–Crippen MR) is 69.4 cm³/mol. The van der Waals surface area contributed by atoms with Gasteiger partial charge in [-0.1, -0.05) is 13.8 Å². The van der Waals surface area contributed by atoms with Crippen molar-refractivity contribution in [3.8, 4) is 0 Å². The Labute approximate surface area is 105 Å². The fourth-order valence-electron chi connectivity index (χ4n) is 1.50. The second-order valence-corrected chi connectivity index (χ2v) is 3.95. The van der Waals surface area contributed by atoms with Gasteiger partial charge in [-0.2, -0.15) is 0 Å². The molecule has 0 bridgehead atoms. The van der Waals surface area contributed by atoms with E-state index in [9.17, 15) is 5.11 Å². The van der Waals surface area contributed by atoms with E-state index in [2.05, 4.69) is 24.1 Å². The van der Waals surface area contributed by atoms with Gasteiger partial charge in [-0.15, -0.1) is 0 Å². The highest BCUT2D eigenvalue weighted by Crippen LogP contribution is 1.90. The normalized spacial score (nSPS) is 13.2. The van der Waals surface area contributed by atoms with E-state index in [0.717, 1.165) is 26.2 Å². The van der Waals surface area contributed by atoms with Crippen LogP contribution in [0.5, 0.6) is 0 Å². The van der Waals surface area contributed by atoms with Crippen LogP contribution in [0.25, 0.3) is 0 Å². The molecule has 0 saturated heterocycles. The number of aliphatic hydroxyl groups is 1. The van der Waals surface area contributed by atoms with Gasteiger partial charge >= 0.3 is 0 Å². The van der Waals surface area contributed by atoms with Crippen molar-refractivity contribution < 1.29 is 14.6 Å². The third-order valence-electron chi connectivity index (χ3n) is 2.60. The van der Waals surface area contributed by atoms with Crippen molar-refractivity contribution in [2.24, 2.45) is 0 Å². The zero-order valence-corrected chi connectivity index (χ0v) is 11.4. The van der Waals surface area contributed by atoms with Gasteiger partial charge in [0.1, 0.15) is 0 Å². The van der Waals surface area contributed by atoms with Gasteiger partial charge in [0.2, 0.25) is 0 Å². The number of rotatable bonds is 12. The highest BCUT2D eigenvalue weighted by Gasteiger charge is 2.07. The number of aliphatic hydroxyl groups excluding tert-OH is 1. The summed E-state index contributed by atoms with van der Waals surface area (Å²) >= 11 is 0. The second-order valence-electron chi connectivity index (χ2n) is 3.95. The standard InChI is InChI=1S/C12H28N2O3/c1-4-14(5-2)11-12(15)10-13-6-7-17-9-8-16-3/h12-13,15H,4-11H2,1-3H3. The molecule has 1 unspecified atom stereocenters. The zero-order valence-electron chi connectivity index (χ0n) is 11.4. The van der Waals surface area contributed by atoms with Crippen molar-refractivity contribution in [1.82, 2.24) is 10.2 Å². The van der Waals surface area contributed by atoms with Crippen LogP contribution in [0.2, 0.25) is 0 Å². The van der Waals surface area contributed by atoms with E-state index in [1.807, 2.05) is 0 Å². The first-order valence-corrected chi connectivity index (χ1v) is 6.42. The number of ether oxygens (including phenoxy) is 2. The number of likely N-dealkylation sites (N-methyl/N-ethyl adjacent to an activating group) is 1. The molecule has 2 N–H and O–H groups in total. The van der Waals surface area contributed by atoms with Gasteiger partial charge in [0.15, 0.2) is 0 Å². The molecule has 1 atom stereocenters. The minimum absolute atomic E-state index is 0.311. The van der Waals surface area contributed by atoms with E-state index in [1.165, 1.54) is 0 Å². The summed E-state index contributed by atoms with van der Waals surface area (Å²) in [6.07, 6.45) is -0.311. The quantitative estimate of drug-likeness (QED) is 0.474. The minimum Gasteiger partial charge on any atom is -0.390 e. The lowest BCUT2D eigenvalue weighted by atomic mass is 10.3. The lowest BCUT2D eigenvalue weighted by molar-refractivity contribution is 0.0688. The monoisotopic (exact) mass is 248 g/mol. The number of nitrogens with one attached hydrogen (secondary N) is 1. The lowest BCUT2D eigenvalue weighted by Gasteiger charge is -2.22. The molecule has 0 aliphatic rings. The van der Waals surface area contributed by atoms with Crippen molar-refractivity contribution >= 4 is 0 Å². The molecule has 0 aromatic carbocycles. The second kappa shape index (κ2) is 12.3. The molecule has 0 heterocycles. The molecule has 0 rings (SSSR count). The molecule has 0 aliphatic carbocycles. The van der Waals surface area contributed by atoms with Crippen molar-refractivity contribution in [2.75, 3.05) is 59.7 Å². The molecular formula is C12H28N2O3. The van der Waals surface area contributed by atoms with Crippen LogP contribution in [0.3, 0.4) is 0 Å². The minimum atomic E-state index is -0.311. The molecule has 0 radical (unpaired) electrons. The predicted octanol–water partition coefficient (Wildman–Crippen LogP) is -0.0583. The van der Waals surface area contributed by atoms with E-state index in [-0.39, 0.29) is 6.10 Å². The van der Waals surface area contributed by atoms with Crippen LogP contribution in [0.1, 0.15) is 13.8 Å². The summed E-state index contributed by atoms with van der Waals surface area (Å²) < 4.78 is 10.2. The van der Waals surface area contributed by atoms with Gasteiger partial charge in [-0.25, -0.2) is 0 Å². The molecule has 5 heteroatoms. The molecule has 5 nitrogen and oxygen atoms in total. The number of hydrogen-bond acceptors (Lipinski definition) is 5. The summed E-state index contributed by atoms with van der Waals surface area (Å²) in [7, 11) is 1.66. The fraction of sp³-hybridized carbons (Fsp3) is 1.00. The topological polar surface area (TPSA) is 54.0 Å². The molecule has 0 spiro atoms. The van der Waals surface area contributed by atoms with E-state index in [4.69, 9.17) is 9.47 Å². The van der Waals surface area contributed by atoms with Gasteiger partial charge < -0.3 is 24.8 Å². The van der Waals surface area contributed by atoms with Crippen molar-refractivity contribution in [3.05, 3.63) is 0 Å². The Morgan fingerprint density at radius 3 is 2.47 bits per heavy atom. The van der Waals surface area contributed by atoms with Gasteiger partial charge in [-0.05, 0) is 13.1 Å². The van der Waals surface area contributed by atoms with Crippen molar-refractivity contribution in [1.29, 1.82) is 0 Å². The smallest absolute Gasteiger partial charge is 0.0791 e. The summed E-state index contributed by atoms with van der Waals surface area (Å²) in [5.74, 6) is 0. The summed E-state index contributed by atoms with van der Waals surface area (Å²) in [6, 6.07) is 0. The fourth-order valence-corrected chi connectivity index (χ4v) is 1.50. The highest BCUT2D eigenvalue weighted by molar-refractivity contribution is 4.64. The molecule has 0 aliphatic heterocycles. The largest absolute Gasteiger partial charge is 0.390 e. The molecule has 0 aromatic rings. The Balaban J connectivity index is 3.29. The average molecular weight is 248 g/mol. The van der Waals surface area contributed by atoms with E-state index in [1.54, 1.807) is 7.11 Å². The van der Waals surface area contributed by atoms with Crippen LogP contribution in [-0.2, 0) is 9.47 Å².